The molecule has 6 aromatic carbocycles. The second-order valence-electron chi connectivity index (χ2n) is 18.5. The van der Waals surface area contributed by atoms with E-state index >= 15 is 0 Å². The van der Waals surface area contributed by atoms with E-state index in [9.17, 15) is 40.7 Å². The van der Waals surface area contributed by atoms with Gasteiger partial charge >= 0.3 is 12.2 Å². The minimum absolute atomic E-state index is 0.101. The highest BCUT2D eigenvalue weighted by Crippen LogP contribution is 2.42. The van der Waals surface area contributed by atoms with Gasteiger partial charge in [0.05, 0.1) is 12.1 Å². The molecule has 2 aliphatic rings. The van der Waals surface area contributed by atoms with Crippen LogP contribution in [0.2, 0.25) is 0 Å². The van der Waals surface area contributed by atoms with Crippen molar-refractivity contribution in [3.63, 3.8) is 0 Å². The average molecular weight is 1020 g/mol. The number of carbonyl (C=O) groups is 3. The van der Waals surface area contributed by atoms with Crippen molar-refractivity contribution in [3.05, 3.63) is 196 Å². The van der Waals surface area contributed by atoms with Gasteiger partial charge in [-0.25, -0.2) is 35.9 Å². The largest absolute Gasteiger partial charge is 0.438 e. The second-order valence-corrected chi connectivity index (χ2v) is 18.5. The first kappa shape index (κ1) is 52.3. The molecule has 2 saturated heterocycles. The molecular weight excluding hydrogens is 965 g/mol. The maximum Gasteiger partial charge on any atom is 0.411 e. The van der Waals surface area contributed by atoms with Crippen molar-refractivity contribution in [2.45, 2.75) is 76.2 Å². The Hall–Kier alpha value is -8.02. The van der Waals surface area contributed by atoms with Crippen molar-refractivity contribution in [2.24, 2.45) is 0 Å². The Morgan fingerprint density at radius 1 is 0.622 bits per heavy atom. The normalized spacial score (nSPS) is 18.4. The van der Waals surface area contributed by atoms with Gasteiger partial charge in [-0.1, -0.05) is 78.0 Å². The first-order valence-electron chi connectivity index (χ1n) is 24.0. The van der Waals surface area contributed by atoms with Crippen LogP contribution in [0.25, 0.3) is 22.3 Å². The number of carbonyl (C=O) groups excluding carboxylic acids is 3. The topological polar surface area (TPSA) is 134 Å². The first-order chi connectivity index (χ1) is 35.4. The number of H-pyrrole nitrogens is 1. The molecule has 0 bridgehead atoms. The van der Waals surface area contributed by atoms with Crippen molar-refractivity contribution in [3.8, 4) is 22.3 Å². The van der Waals surface area contributed by atoms with Gasteiger partial charge in [0.2, 0.25) is 5.91 Å². The molecule has 2 unspecified atom stereocenters. The Bertz CT molecular complexity index is 3080. The molecule has 74 heavy (non-hydrogen) atoms. The van der Waals surface area contributed by atoms with Gasteiger partial charge in [0.1, 0.15) is 46.1 Å². The van der Waals surface area contributed by atoms with Crippen LogP contribution in [0.1, 0.15) is 86.6 Å². The molecular formula is C56H53F6N7O5. The van der Waals surface area contributed by atoms with E-state index in [2.05, 4.69) is 20.6 Å². The number of aromatic nitrogens is 4. The first-order valence-corrected chi connectivity index (χ1v) is 24.0. The van der Waals surface area contributed by atoms with Crippen molar-refractivity contribution in [1.82, 2.24) is 35.3 Å². The lowest BCUT2D eigenvalue weighted by molar-refractivity contribution is -0.128. The fraction of sp³-hybridized carbons (Fsp3) is 0.286. The number of nitrogens with zero attached hydrogens (tertiary/aromatic N) is 6. The maximum atomic E-state index is 14.2. The fourth-order valence-electron chi connectivity index (χ4n) is 9.39. The SMILES string of the molecule is CC(=O)N(C)CCC1(c2ccc(F)cc2)CCN([C@@H](C)c2ccc(-c3ccc(F)cc3F)cc2)C(=O)O1.C[C@@H](c1ccc(-c2ccc(F)cc2F)cc1)N1CCC(CCc2nn[nH]n2)(c2ccc(F)cc2)OC1=O. The molecule has 2 fully saturated rings. The highest BCUT2D eigenvalue weighted by Gasteiger charge is 2.45. The predicted octanol–water partition coefficient (Wildman–Crippen LogP) is 12.2. The van der Waals surface area contributed by atoms with E-state index < -0.39 is 46.7 Å². The number of amides is 3. The number of cyclic esters (lactones) is 2. The van der Waals surface area contributed by atoms with Crippen LogP contribution in [0.3, 0.4) is 0 Å². The van der Waals surface area contributed by atoms with E-state index in [0.717, 1.165) is 23.3 Å². The molecule has 3 amide bonds. The number of ether oxygens (including phenoxy) is 2. The number of rotatable bonds is 14. The zero-order valence-corrected chi connectivity index (χ0v) is 41.0. The summed E-state index contributed by atoms with van der Waals surface area (Å²) in [5.74, 6) is -2.93. The molecule has 0 aliphatic carbocycles. The number of benzene rings is 6. The number of halogens is 6. The number of hydrogen-bond donors (Lipinski definition) is 1. The van der Waals surface area contributed by atoms with Gasteiger partial charge in [0.25, 0.3) is 0 Å². The van der Waals surface area contributed by atoms with E-state index in [1.807, 2.05) is 26.0 Å². The smallest absolute Gasteiger partial charge is 0.411 e. The van der Waals surface area contributed by atoms with Gasteiger partial charge in [-0.05, 0) is 102 Å². The van der Waals surface area contributed by atoms with Gasteiger partial charge in [0, 0.05) is 82.5 Å². The summed E-state index contributed by atoms with van der Waals surface area (Å²) in [5, 5.41) is 13.9. The van der Waals surface area contributed by atoms with Crippen LogP contribution in [0.4, 0.5) is 35.9 Å². The summed E-state index contributed by atoms with van der Waals surface area (Å²) in [5.41, 5.74) is 2.87. The van der Waals surface area contributed by atoms with Crippen LogP contribution >= 0.6 is 0 Å². The highest BCUT2D eigenvalue weighted by atomic mass is 19.2. The third-order valence-electron chi connectivity index (χ3n) is 14.0. The molecule has 2 aliphatic heterocycles. The molecule has 7 aromatic rings. The molecule has 9 rings (SSSR count). The monoisotopic (exact) mass is 1020 g/mol. The molecule has 1 N–H and O–H groups in total. The molecule has 4 atom stereocenters. The molecule has 3 heterocycles. The van der Waals surface area contributed by atoms with Gasteiger partial charge in [-0.15, -0.1) is 10.2 Å². The Balaban J connectivity index is 0.000000197. The molecule has 0 saturated carbocycles. The molecule has 0 spiro atoms. The van der Waals surface area contributed by atoms with E-state index in [0.29, 0.717) is 85.4 Å². The predicted molar refractivity (Wildman–Crippen MR) is 263 cm³/mol. The molecule has 18 heteroatoms. The minimum atomic E-state index is -0.991. The summed E-state index contributed by atoms with van der Waals surface area (Å²) in [7, 11) is 1.68. The second kappa shape index (κ2) is 22.4. The number of tetrazole rings is 1. The van der Waals surface area contributed by atoms with Crippen molar-refractivity contribution >= 4 is 18.1 Å². The Morgan fingerprint density at radius 3 is 1.42 bits per heavy atom. The quantitative estimate of drug-likeness (QED) is 0.106. The van der Waals surface area contributed by atoms with Gasteiger partial charge in [-0.3, -0.25) is 4.79 Å². The molecule has 12 nitrogen and oxygen atoms in total. The summed E-state index contributed by atoms with van der Waals surface area (Å²) < 4.78 is 94.2. The summed E-state index contributed by atoms with van der Waals surface area (Å²) in [6.07, 6.45) is 1.13. The fourth-order valence-corrected chi connectivity index (χ4v) is 9.39. The lowest BCUT2D eigenvalue weighted by Gasteiger charge is -2.44. The van der Waals surface area contributed by atoms with E-state index in [-0.39, 0.29) is 35.2 Å². The standard InChI is InChI=1S/C29H29F3N2O3.C27H24F3N5O2/c1-19(21-4-6-22(7-5-21)26-13-12-25(31)18-27(26)32)34-17-15-29(37-28(34)36,14-16-33(3)20(2)35)23-8-10-24(30)11-9-23;1-17(18-2-4-19(5-3-18)23-11-10-22(29)16-24(23)30)35-15-14-27(37-26(35)36,13-12-25-31-33-34-32-25)20-6-8-21(28)9-7-20/h4-13,18-19H,14-17H2,1-3H3;2-11,16-17H,12-15H2,1H3,(H,31,32,33,34)/t19-,29?;17-,27?/m00/s1. The lowest BCUT2D eigenvalue weighted by Crippen LogP contribution is -2.49. The van der Waals surface area contributed by atoms with Crippen molar-refractivity contribution < 1.29 is 50.2 Å². The maximum absolute atomic E-state index is 14.2. The van der Waals surface area contributed by atoms with Crippen LogP contribution in [-0.2, 0) is 31.9 Å². The molecule has 384 valence electrons. The summed E-state index contributed by atoms with van der Waals surface area (Å²) >= 11 is 0. The van der Waals surface area contributed by atoms with Crippen LogP contribution in [0.5, 0.6) is 0 Å². The van der Waals surface area contributed by atoms with E-state index in [4.69, 9.17) is 9.47 Å². The zero-order chi connectivity index (χ0) is 52.7. The van der Waals surface area contributed by atoms with Crippen LogP contribution < -0.4 is 0 Å². The number of nitrogens with one attached hydrogen (secondary N) is 1. The number of hydrogen-bond acceptors (Lipinski definition) is 8. The summed E-state index contributed by atoms with van der Waals surface area (Å²) in [4.78, 5) is 43.1. The Labute approximate surface area is 423 Å². The third-order valence-corrected chi connectivity index (χ3v) is 14.0. The lowest BCUT2D eigenvalue weighted by atomic mass is 9.84. The average Bonchev–Trinajstić information content (AvgIpc) is 3.92. The molecule has 0 radical (unpaired) electrons. The van der Waals surface area contributed by atoms with E-state index in [1.54, 1.807) is 82.4 Å². The number of aryl methyl sites for hydroxylation is 1. The van der Waals surface area contributed by atoms with Gasteiger partial charge in [-0.2, -0.15) is 5.21 Å². The number of aromatic amines is 1. The van der Waals surface area contributed by atoms with Crippen LogP contribution in [-0.4, -0.2) is 80.1 Å². The van der Waals surface area contributed by atoms with Gasteiger partial charge in [0.15, 0.2) is 5.82 Å². The minimum Gasteiger partial charge on any atom is -0.438 e. The molecule has 1 aromatic heterocycles. The third kappa shape index (κ3) is 11.7. The van der Waals surface area contributed by atoms with E-state index in [1.165, 1.54) is 55.5 Å². The Kier molecular flexibility index (Phi) is 15.8. The van der Waals surface area contributed by atoms with Gasteiger partial charge < -0.3 is 24.2 Å². The summed E-state index contributed by atoms with van der Waals surface area (Å²) in [6, 6.07) is 32.3. The van der Waals surface area contributed by atoms with Crippen molar-refractivity contribution in [2.75, 3.05) is 26.7 Å². The zero-order valence-electron chi connectivity index (χ0n) is 41.0. The summed E-state index contributed by atoms with van der Waals surface area (Å²) in [6.45, 7) is 6.39. The van der Waals surface area contributed by atoms with Crippen LogP contribution in [0, 0.1) is 34.9 Å². The highest BCUT2D eigenvalue weighted by molar-refractivity contribution is 5.73. The van der Waals surface area contributed by atoms with Crippen LogP contribution in [0.15, 0.2) is 133 Å². The van der Waals surface area contributed by atoms with Crippen molar-refractivity contribution in [1.29, 1.82) is 0 Å². The Morgan fingerprint density at radius 2 is 1.04 bits per heavy atom.